The molecule has 1 unspecified atom stereocenters. The summed E-state index contributed by atoms with van der Waals surface area (Å²) >= 11 is 0. The highest BCUT2D eigenvalue weighted by Crippen LogP contribution is 2.21. The maximum atomic E-state index is 12.1. The van der Waals surface area contributed by atoms with Crippen LogP contribution in [0.25, 0.3) is 0 Å². The van der Waals surface area contributed by atoms with Gasteiger partial charge in [0, 0.05) is 17.3 Å². The molecule has 0 fully saturated rings. The molecule has 0 aliphatic heterocycles. The van der Waals surface area contributed by atoms with Crippen LogP contribution in [-0.2, 0) is 0 Å². The number of carbonyl (C=O) groups excluding carboxylic acids is 1. The van der Waals surface area contributed by atoms with Gasteiger partial charge < -0.3 is 11.1 Å². The van der Waals surface area contributed by atoms with E-state index in [0.717, 1.165) is 0 Å². The molecule has 0 saturated heterocycles. The van der Waals surface area contributed by atoms with Gasteiger partial charge in [-0.25, -0.2) is 0 Å². The molecule has 0 bridgehead atoms. The molecule has 0 aromatic heterocycles. The average Bonchev–Trinajstić information content (AvgIpc) is 2.14. The Labute approximate surface area is 96.8 Å². The van der Waals surface area contributed by atoms with Crippen molar-refractivity contribution >= 4 is 11.6 Å². The third-order valence-electron chi connectivity index (χ3n) is 2.06. The zero-order chi connectivity index (χ0) is 13.1. The van der Waals surface area contributed by atoms with Gasteiger partial charge in [0.25, 0.3) is 5.91 Å². The van der Waals surface area contributed by atoms with E-state index in [1.165, 1.54) is 19.1 Å². The van der Waals surface area contributed by atoms with E-state index in [4.69, 9.17) is 5.73 Å². The maximum absolute atomic E-state index is 12.1. The first kappa shape index (κ1) is 13.3. The van der Waals surface area contributed by atoms with Gasteiger partial charge in [-0.05, 0) is 25.1 Å². The van der Waals surface area contributed by atoms with Crippen LogP contribution in [0.5, 0.6) is 0 Å². The number of benzene rings is 1. The second-order valence-electron chi connectivity index (χ2n) is 3.82. The van der Waals surface area contributed by atoms with Gasteiger partial charge in [-0.15, -0.1) is 0 Å². The Morgan fingerprint density at radius 2 is 2.12 bits per heavy atom. The van der Waals surface area contributed by atoms with E-state index in [-0.39, 0.29) is 5.56 Å². The van der Waals surface area contributed by atoms with Gasteiger partial charge in [0.05, 0.1) is 6.42 Å². The Balaban J connectivity index is 2.61. The molecule has 3 N–H and O–H groups in total. The molecule has 3 nitrogen and oxygen atoms in total. The zero-order valence-corrected chi connectivity index (χ0v) is 9.21. The van der Waals surface area contributed by atoms with Crippen molar-refractivity contribution in [1.29, 1.82) is 0 Å². The molecule has 0 spiro atoms. The summed E-state index contributed by atoms with van der Waals surface area (Å²) in [6, 6.07) is 5.10. The summed E-state index contributed by atoms with van der Waals surface area (Å²) in [4.78, 5) is 11.6. The first-order chi connectivity index (χ1) is 7.78. The number of carbonyl (C=O) groups is 1. The molecule has 0 saturated carbocycles. The Bertz CT molecular complexity index is 404. The van der Waals surface area contributed by atoms with E-state index in [2.05, 4.69) is 5.32 Å². The highest BCUT2D eigenvalue weighted by molar-refractivity contribution is 5.95. The molecule has 0 aliphatic rings. The topological polar surface area (TPSA) is 55.1 Å². The highest BCUT2D eigenvalue weighted by atomic mass is 19.4. The summed E-state index contributed by atoms with van der Waals surface area (Å²) in [6.45, 7) is 1.30. The SMILES string of the molecule is CC(CC(F)(F)F)NC(=O)c1cccc(N)c1. The van der Waals surface area contributed by atoms with Crippen LogP contribution in [0.3, 0.4) is 0 Å². The average molecular weight is 246 g/mol. The van der Waals surface area contributed by atoms with Crippen molar-refractivity contribution in [1.82, 2.24) is 5.32 Å². The quantitative estimate of drug-likeness (QED) is 0.804. The second-order valence-corrected chi connectivity index (χ2v) is 3.82. The van der Waals surface area contributed by atoms with Gasteiger partial charge in [0.15, 0.2) is 0 Å². The lowest BCUT2D eigenvalue weighted by Crippen LogP contribution is -2.35. The summed E-state index contributed by atoms with van der Waals surface area (Å²) in [5.74, 6) is -0.561. The Morgan fingerprint density at radius 1 is 1.47 bits per heavy atom. The second kappa shape index (κ2) is 5.07. The molecular weight excluding hydrogens is 233 g/mol. The van der Waals surface area contributed by atoms with Crippen molar-refractivity contribution in [2.75, 3.05) is 5.73 Å². The Hall–Kier alpha value is -1.72. The van der Waals surface area contributed by atoms with Crippen molar-refractivity contribution in [3.05, 3.63) is 29.8 Å². The van der Waals surface area contributed by atoms with E-state index in [9.17, 15) is 18.0 Å². The largest absolute Gasteiger partial charge is 0.399 e. The molecule has 17 heavy (non-hydrogen) atoms. The van der Waals surface area contributed by atoms with Crippen LogP contribution in [0, 0.1) is 0 Å². The van der Waals surface area contributed by atoms with E-state index < -0.39 is 24.5 Å². The summed E-state index contributed by atoms with van der Waals surface area (Å²) in [7, 11) is 0. The lowest BCUT2D eigenvalue weighted by atomic mass is 10.1. The number of rotatable bonds is 3. The van der Waals surface area contributed by atoms with Crippen LogP contribution >= 0.6 is 0 Å². The number of nitrogen functional groups attached to an aromatic ring is 1. The molecule has 0 heterocycles. The van der Waals surface area contributed by atoms with Crippen molar-refractivity contribution in [3.63, 3.8) is 0 Å². The summed E-state index contributed by atoms with van der Waals surface area (Å²) < 4.78 is 36.2. The lowest BCUT2D eigenvalue weighted by molar-refractivity contribution is -0.138. The third kappa shape index (κ3) is 4.76. The van der Waals surface area contributed by atoms with Crippen LogP contribution in [0.15, 0.2) is 24.3 Å². The van der Waals surface area contributed by atoms with Gasteiger partial charge in [-0.2, -0.15) is 13.2 Å². The molecule has 1 rings (SSSR count). The number of hydrogen-bond donors (Lipinski definition) is 2. The van der Waals surface area contributed by atoms with Gasteiger partial charge >= 0.3 is 6.18 Å². The zero-order valence-electron chi connectivity index (χ0n) is 9.21. The van der Waals surface area contributed by atoms with Crippen LogP contribution in [0.2, 0.25) is 0 Å². The smallest absolute Gasteiger partial charge is 0.391 e. The van der Waals surface area contributed by atoms with Crippen molar-refractivity contribution in [3.8, 4) is 0 Å². The van der Waals surface area contributed by atoms with Gasteiger partial charge in [0.1, 0.15) is 0 Å². The van der Waals surface area contributed by atoms with E-state index in [1.807, 2.05) is 0 Å². The minimum absolute atomic E-state index is 0.249. The molecule has 0 aliphatic carbocycles. The van der Waals surface area contributed by atoms with Gasteiger partial charge in [0.2, 0.25) is 0 Å². The minimum atomic E-state index is -4.29. The molecule has 1 aromatic carbocycles. The van der Waals surface area contributed by atoms with Crippen molar-refractivity contribution in [2.45, 2.75) is 25.6 Å². The normalized spacial score (nSPS) is 13.2. The first-order valence-corrected chi connectivity index (χ1v) is 5.01. The molecule has 0 radical (unpaired) electrons. The number of hydrogen-bond acceptors (Lipinski definition) is 2. The fourth-order valence-electron chi connectivity index (χ4n) is 1.39. The van der Waals surface area contributed by atoms with Crippen LogP contribution in [0.4, 0.5) is 18.9 Å². The molecule has 1 atom stereocenters. The monoisotopic (exact) mass is 246 g/mol. The number of halogens is 3. The predicted molar refractivity (Wildman–Crippen MR) is 58.5 cm³/mol. The van der Waals surface area contributed by atoms with Gasteiger partial charge in [-0.1, -0.05) is 6.07 Å². The summed E-state index contributed by atoms with van der Waals surface area (Å²) in [5.41, 5.74) is 6.11. The molecule has 94 valence electrons. The molecule has 1 amide bonds. The van der Waals surface area contributed by atoms with Crippen LogP contribution in [-0.4, -0.2) is 18.1 Å². The number of nitrogens with two attached hydrogens (primary N) is 1. The Kier molecular flexibility index (Phi) is 3.98. The van der Waals surface area contributed by atoms with Crippen LogP contribution in [0.1, 0.15) is 23.7 Å². The maximum Gasteiger partial charge on any atom is 0.391 e. The fraction of sp³-hybridized carbons (Fsp3) is 0.364. The van der Waals surface area contributed by atoms with Crippen molar-refractivity contribution in [2.24, 2.45) is 0 Å². The molecule has 1 aromatic rings. The first-order valence-electron chi connectivity index (χ1n) is 5.01. The molecular formula is C11H13F3N2O. The Morgan fingerprint density at radius 3 is 2.65 bits per heavy atom. The highest BCUT2D eigenvalue weighted by Gasteiger charge is 2.30. The minimum Gasteiger partial charge on any atom is -0.399 e. The van der Waals surface area contributed by atoms with Gasteiger partial charge in [-0.3, -0.25) is 4.79 Å². The standard InChI is InChI=1S/C11H13F3N2O/c1-7(6-11(12,13)14)16-10(17)8-3-2-4-9(15)5-8/h2-5,7H,6,15H2,1H3,(H,16,17). The number of anilines is 1. The van der Waals surface area contributed by atoms with E-state index >= 15 is 0 Å². The number of alkyl halides is 3. The number of nitrogens with one attached hydrogen (secondary N) is 1. The van der Waals surface area contributed by atoms with Crippen molar-refractivity contribution < 1.29 is 18.0 Å². The lowest BCUT2D eigenvalue weighted by Gasteiger charge is -2.15. The summed E-state index contributed by atoms with van der Waals surface area (Å²) in [5, 5.41) is 2.27. The third-order valence-corrected chi connectivity index (χ3v) is 2.06. The van der Waals surface area contributed by atoms with E-state index in [0.29, 0.717) is 5.69 Å². The summed E-state index contributed by atoms with van der Waals surface area (Å²) in [6.07, 6.45) is -5.34. The fourth-order valence-corrected chi connectivity index (χ4v) is 1.39. The van der Waals surface area contributed by atoms with Crippen LogP contribution < -0.4 is 11.1 Å². The van der Waals surface area contributed by atoms with E-state index in [1.54, 1.807) is 12.1 Å². The number of amides is 1. The predicted octanol–water partition coefficient (Wildman–Crippen LogP) is 2.34. The molecule has 6 heteroatoms.